The molecule has 1 aromatic heterocycles. The van der Waals surface area contributed by atoms with E-state index in [1.165, 1.54) is 26.0 Å². The fraction of sp³-hybridized carbons (Fsp3) is 0.300. The normalized spacial score (nSPS) is 10.9. The van der Waals surface area contributed by atoms with E-state index in [1.807, 2.05) is 24.3 Å². The molecular weight excluding hydrogens is 414 g/mol. The van der Waals surface area contributed by atoms with E-state index in [1.54, 1.807) is 19.2 Å². The second kappa shape index (κ2) is 9.87. The zero-order valence-corrected chi connectivity index (χ0v) is 18.0. The molecule has 0 radical (unpaired) electrons. The number of halogens is 1. The maximum absolute atomic E-state index is 12.5. The van der Waals surface area contributed by atoms with Crippen molar-refractivity contribution in [2.45, 2.75) is 11.7 Å². The molecule has 0 saturated carbocycles. The van der Waals surface area contributed by atoms with Crippen LogP contribution in [-0.4, -0.2) is 49.1 Å². The summed E-state index contributed by atoms with van der Waals surface area (Å²) >= 11 is 7.53. The number of ether oxygens (including phenoxy) is 3. The lowest BCUT2D eigenvalue weighted by molar-refractivity contribution is -0.113. The molecule has 1 amide bonds. The zero-order valence-electron chi connectivity index (χ0n) is 16.4. The Morgan fingerprint density at radius 2 is 1.93 bits per heavy atom. The molecule has 7 nitrogen and oxygen atoms in total. The number of imidazole rings is 1. The highest BCUT2D eigenvalue weighted by molar-refractivity contribution is 7.99. The van der Waals surface area contributed by atoms with Gasteiger partial charge in [0.25, 0.3) is 0 Å². The SMILES string of the molecule is COCCn1c(SCC(=O)Nc2cc(Cl)c(OC)cc2OC)nc2ccccc21. The van der Waals surface area contributed by atoms with E-state index in [4.69, 9.17) is 25.8 Å². The van der Waals surface area contributed by atoms with Crippen molar-refractivity contribution in [3.63, 3.8) is 0 Å². The summed E-state index contributed by atoms with van der Waals surface area (Å²) in [4.78, 5) is 17.2. The van der Waals surface area contributed by atoms with Crippen LogP contribution in [0, 0.1) is 0 Å². The van der Waals surface area contributed by atoms with E-state index >= 15 is 0 Å². The third-order valence-electron chi connectivity index (χ3n) is 4.22. The summed E-state index contributed by atoms with van der Waals surface area (Å²) in [7, 11) is 4.70. The largest absolute Gasteiger partial charge is 0.495 e. The van der Waals surface area contributed by atoms with Crippen molar-refractivity contribution in [3.05, 3.63) is 41.4 Å². The van der Waals surface area contributed by atoms with Crippen LogP contribution in [0.25, 0.3) is 11.0 Å². The Morgan fingerprint density at radius 1 is 1.17 bits per heavy atom. The molecule has 0 fully saturated rings. The van der Waals surface area contributed by atoms with Crippen molar-refractivity contribution in [2.24, 2.45) is 0 Å². The Balaban J connectivity index is 1.74. The van der Waals surface area contributed by atoms with Crippen LogP contribution < -0.4 is 14.8 Å². The van der Waals surface area contributed by atoms with Crippen LogP contribution in [0.4, 0.5) is 5.69 Å². The third kappa shape index (κ3) is 4.95. The number of hydrogen-bond acceptors (Lipinski definition) is 6. The van der Waals surface area contributed by atoms with Gasteiger partial charge in [0.15, 0.2) is 5.16 Å². The van der Waals surface area contributed by atoms with Crippen molar-refractivity contribution < 1.29 is 19.0 Å². The molecule has 0 aliphatic rings. The van der Waals surface area contributed by atoms with E-state index in [-0.39, 0.29) is 11.7 Å². The van der Waals surface area contributed by atoms with Crippen LogP contribution in [0.15, 0.2) is 41.6 Å². The van der Waals surface area contributed by atoms with Gasteiger partial charge >= 0.3 is 0 Å². The quantitative estimate of drug-likeness (QED) is 0.510. The van der Waals surface area contributed by atoms with Gasteiger partial charge in [-0.05, 0) is 18.2 Å². The monoisotopic (exact) mass is 435 g/mol. The predicted molar refractivity (Wildman–Crippen MR) is 116 cm³/mol. The number of carbonyl (C=O) groups excluding carboxylic acids is 1. The summed E-state index contributed by atoms with van der Waals surface area (Å²) in [6.07, 6.45) is 0. The van der Waals surface area contributed by atoms with Gasteiger partial charge in [-0.25, -0.2) is 4.98 Å². The molecule has 29 heavy (non-hydrogen) atoms. The minimum atomic E-state index is -0.195. The minimum absolute atomic E-state index is 0.184. The number of amides is 1. The minimum Gasteiger partial charge on any atom is -0.495 e. The lowest BCUT2D eigenvalue weighted by atomic mass is 10.2. The summed E-state index contributed by atoms with van der Waals surface area (Å²) in [6.45, 7) is 1.21. The summed E-state index contributed by atoms with van der Waals surface area (Å²) in [5, 5.41) is 3.98. The maximum Gasteiger partial charge on any atom is 0.234 e. The van der Waals surface area contributed by atoms with Crippen molar-refractivity contribution >= 4 is 46.0 Å². The number of para-hydroxylation sites is 2. The lowest BCUT2D eigenvalue weighted by Crippen LogP contribution is -2.15. The lowest BCUT2D eigenvalue weighted by Gasteiger charge is -2.13. The number of benzene rings is 2. The molecule has 154 valence electrons. The average Bonchev–Trinajstić information content (AvgIpc) is 3.08. The van der Waals surface area contributed by atoms with Gasteiger partial charge in [-0.15, -0.1) is 0 Å². The van der Waals surface area contributed by atoms with Crippen LogP contribution in [0.2, 0.25) is 5.02 Å². The van der Waals surface area contributed by atoms with E-state index in [0.29, 0.717) is 35.4 Å². The highest BCUT2D eigenvalue weighted by atomic mass is 35.5. The molecule has 1 heterocycles. The molecule has 3 aromatic rings. The molecule has 0 saturated heterocycles. The van der Waals surface area contributed by atoms with Crippen LogP contribution in [-0.2, 0) is 16.1 Å². The first-order chi connectivity index (χ1) is 14.1. The maximum atomic E-state index is 12.5. The summed E-state index contributed by atoms with van der Waals surface area (Å²) in [5.41, 5.74) is 2.38. The summed E-state index contributed by atoms with van der Waals surface area (Å²) in [6, 6.07) is 11.1. The molecule has 9 heteroatoms. The Bertz CT molecular complexity index is 1010. The standard InChI is InChI=1S/C20H22ClN3O4S/c1-26-9-8-24-16-7-5-4-6-14(16)23-20(24)29-12-19(25)22-15-10-13(21)17(27-2)11-18(15)28-3/h4-7,10-11H,8-9,12H2,1-3H3,(H,22,25). The second-order valence-corrected chi connectivity index (χ2v) is 7.40. The van der Waals surface area contributed by atoms with E-state index < -0.39 is 0 Å². The number of carbonyl (C=O) groups is 1. The molecule has 0 atom stereocenters. The fourth-order valence-corrected chi connectivity index (χ4v) is 3.92. The Labute approximate surface area is 178 Å². The van der Waals surface area contributed by atoms with Crippen LogP contribution >= 0.6 is 23.4 Å². The summed E-state index contributed by atoms with van der Waals surface area (Å²) < 4.78 is 17.8. The van der Waals surface area contributed by atoms with Gasteiger partial charge in [0.05, 0.1) is 48.3 Å². The number of anilines is 1. The number of aromatic nitrogens is 2. The van der Waals surface area contributed by atoms with E-state index in [0.717, 1.165) is 16.2 Å². The highest BCUT2D eigenvalue weighted by Gasteiger charge is 2.15. The molecule has 0 spiro atoms. The van der Waals surface area contributed by atoms with Crippen molar-refractivity contribution in [2.75, 3.05) is 39.0 Å². The van der Waals surface area contributed by atoms with Crippen LogP contribution in [0.3, 0.4) is 0 Å². The Kier molecular flexibility index (Phi) is 7.24. The average molecular weight is 436 g/mol. The molecule has 0 aliphatic heterocycles. The zero-order chi connectivity index (χ0) is 20.8. The van der Waals surface area contributed by atoms with Crippen LogP contribution in [0.1, 0.15) is 0 Å². The Morgan fingerprint density at radius 3 is 2.66 bits per heavy atom. The van der Waals surface area contributed by atoms with E-state index in [2.05, 4.69) is 14.9 Å². The molecule has 0 aliphatic carbocycles. The molecule has 0 unspecified atom stereocenters. The first-order valence-corrected chi connectivity index (χ1v) is 10.2. The smallest absolute Gasteiger partial charge is 0.234 e. The number of nitrogens with zero attached hydrogens (tertiary/aromatic N) is 2. The molecule has 1 N–H and O–H groups in total. The third-order valence-corrected chi connectivity index (χ3v) is 5.49. The second-order valence-electron chi connectivity index (χ2n) is 6.05. The van der Waals surface area contributed by atoms with Gasteiger partial charge in [-0.3, -0.25) is 4.79 Å². The van der Waals surface area contributed by atoms with Crippen molar-refractivity contribution in [3.8, 4) is 11.5 Å². The number of fused-ring (bicyclic) bond motifs is 1. The van der Waals surface area contributed by atoms with Crippen LogP contribution in [0.5, 0.6) is 11.5 Å². The number of rotatable bonds is 9. The first kappa shape index (κ1) is 21.3. The van der Waals surface area contributed by atoms with Gasteiger partial charge in [-0.2, -0.15) is 0 Å². The molecule has 3 rings (SSSR count). The Hall–Kier alpha value is -2.42. The number of nitrogens with one attached hydrogen (secondary N) is 1. The molecule has 2 aromatic carbocycles. The number of thioether (sulfide) groups is 1. The van der Waals surface area contributed by atoms with Gasteiger partial charge in [-0.1, -0.05) is 35.5 Å². The highest BCUT2D eigenvalue weighted by Crippen LogP contribution is 2.36. The van der Waals surface area contributed by atoms with Crippen molar-refractivity contribution in [1.82, 2.24) is 9.55 Å². The summed E-state index contributed by atoms with van der Waals surface area (Å²) in [5.74, 6) is 0.933. The molecular formula is C20H22ClN3O4S. The van der Waals surface area contributed by atoms with Gasteiger partial charge in [0.2, 0.25) is 5.91 Å². The van der Waals surface area contributed by atoms with Gasteiger partial charge in [0, 0.05) is 19.7 Å². The van der Waals surface area contributed by atoms with Gasteiger partial charge < -0.3 is 24.1 Å². The topological polar surface area (TPSA) is 74.6 Å². The van der Waals surface area contributed by atoms with E-state index in [9.17, 15) is 4.79 Å². The number of hydrogen-bond donors (Lipinski definition) is 1. The fourth-order valence-electron chi connectivity index (χ4n) is 2.84. The number of methoxy groups -OCH3 is 3. The first-order valence-electron chi connectivity index (χ1n) is 8.85. The predicted octanol–water partition coefficient (Wildman–Crippen LogP) is 4.08. The van der Waals surface area contributed by atoms with Crippen molar-refractivity contribution in [1.29, 1.82) is 0 Å². The molecule has 0 bridgehead atoms. The van der Waals surface area contributed by atoms with Gasteiger partial charge in [0.1, 0.15) is 11.5 Å².